The van der Waals surface area contributed by atoms with Gasteiger partial charge < -0.3 is 5.73 Å². The first-order valence-corrected chi connectivity index (χ1v) is 3.35. The van der Waals surface area contributed by atoms with Gasteiger partial charge in [-0.3, -0.25) is 0 Å². The van der Waals surface area contributed by atoms with Gasteiger partial charge in [0.15, 0.2) is 0 Å². The molecule has 0 atom stereocenters. The molecule has 0 rings (SSSR count). The molecule has 0 aromatic carbocycles. The number of hydrogen-bond donors (Lipinski definition) is 1. The first kappa shape index (κ1) is 10.9. The van der Waals surface area contributed by atoms with Crippen molar-refractivity contribution >= 4 is 0 Å². The summed E-state index contributed by atoms with van der Waals surface area (Å²) in [5, 5.41) is 0. The zero-order chi connectivity index (χ0) is 6.99. The zero-order valence-corrected chi connectivity index (χ0v) is 6.57. The summed E-state index contributed by atoms with van der Waals surface area (Å²) in [7, 11) is 1.50. The standard InChI is InChI=1S/C6H14.CH5N/c1-4-5-6(2)3;1-2/h6H,4-5H2,1-3H3;2H2,1H3. The zero-order valence-electron chi connectivity index (χ0n) is 6.57. The quantitative estimate of drug-likeness (QED) is 0.588. The molecule has 0 spiro atoms. The Labute approximate surface area is 53.3 Å². The van der Waals surface area contributed by atoms with Crippen LogP contribution in [-0.4, -0.2) is 7.05 Å². The minimum atomic E-state index is 0.898. The lowest BCUT2D eigenvalue weighted by molar-refractivity contribution is 0.576. The normalized spacial score (nSPS) is 8.25. The lowest BCUT2D eigenvalue weighted by Crippen LogP contribution is -1.81. The molecule has 1 nitrogen and oxygen atoms in total. The van der Waals surface area contributed by atoms with E-state index < -0.39 is 0 Å². The molecule has 8 heavy (non-hydrogen) atoms. The molecule has 0 heterocycles. The number of hydrogen-bond acceptors (Lipinski definition) is 1. The molecule has 2 N–H and O–H groups in total. The van der Waals surface area contributed by atoms with Crippen molar-refractivity contribution in [2.75, 3.05) is 7.05 Å². The van der Waals surface area contributed by atoms with E-state index in [0.717, 1.165) is 5.92 Å². The average molecular weight is 117 g/mol. The van der Waals surface area contributed by atoms with Gasteiger partial charge in [0.1, 0.15) is 0 Å². The molecular formula is C7H19N. The molecule has 0 aliphatic carbocycles. The van der Waals surface area contributed by atoms with Crippen LogP contribution < -0.4 is 5.73 Å². The summed E-state index contributed by atoms with van der Waals surface area (Å²) in [6.45, 7) is 6.73. The lowest BCUT2D eigenvalue weighted by atomic mass is 10.1. The van der Waals surface area contributed by atoms with Crippen molar-refractivity contribution in [2.24, 2.45) is 11.7 Å². The lowest BCUT2D eigenvalue weighted by Gasteiger charge is -1.95. The fourth-order valence-electron chi connectivity index (χ4n) is 0.577. The van der Waals surface area contributed by atoms with Crippen LogP contribution in [0.1, 0.15) is 33.6 Å². The Balaban J connectivity index is 0. The predicted molar refractivity (Wildman–Crippen MR) is 39.9 cm³/mol. The second-order valence-electron chi connectivity index (χ2n) is 2.18. The second-order valence-corrected chi connectivity index (χ2v) is 2.18. The minimum absolute atomic E-state index is 0.898. The molecule has 0 bridgehead atoms. The number of nitrogens with two attached hydrogens (primary N) is 1. The van der Waals surface area contributed by atoms with Crippen LogP contribution in [0.3, 0.4) is 0 Å². The summed E-state index contributed by atoms with van der Waals surface area (Å²) in [6.07, 6.45) is 2.71. The van der Waals surface area contributed by atoms with Crippen LogP contribution >= 0.6 is 0 Å². The van der Waals surface area contributed by atoms with Crippen molar-refractivity contribution in [1.29, 1.82) is 0 Å². The van der Waals surface area contributed by atoms with Gasteiger partial charge >= 0.3 is 0 Å². The Morgan fingerprint density at radius 3 is 1.62 bits per heavy atom. The molecule has 0 saturated carbocycles. The van der Waals surface area contributed by atoms with Gasteiger partial charge in [-0.15, -0.1) is 0 Å². The highest BCUT2D eigenvalue weighted by Gasteiger charge is 1.85. The Kier molecular flexibility index (Phi) is 13.6. The van der Waals surface area contributed by atoms with Gasteiger partial charge in [0.05, 0.1) is 0 Å². The third-order valence-electron chi connectivity index (χ3n) is 0.866. The fourth-order valence-corrected chi connectivity index (χ4v) is 0.577. The summed E-state index contributed by atoms with van der Waals surface area (Å²) in [6, 6.07) is 0. The van der Waals surface area contributed by atoms with E-state index in [-0.39, 0.29) is 0 Å². The molecule has 0 amide bonds. The monoisotopic (exact) mass is 117 g/mol. The van der Waals surface area contributed by atoms with E-state index in [1.54, 1.807) is 0 Å². The maximum absolute atomic E-state index is 4.50. The van der Waals surface area contributed by atoms with E-state index in [1.165, 1.54) is 19.9 Å². The summed E-state index contributed by atoms with van der Waals surface area (Å²) in [5.41, 5.74) is 4.50. The van der Waals surface area contributed by atoms with E-state index in [2.05, 4.69) is 26.5 Å². The molecule has 0 radical (unpaired) electrons. The highest BCUT2D eigenvalue weighted by molar-refractivity contribution is 4.38. The Morgan fingerprint density at radius 2 is 1.62 bits per heavy atom. The van der Waals surface area contributed by atoms with Crippen LogP contribution in [-0.2, 0) is 0 Å². The second kappa shape index (κ2) is 10.0. The van der Waals surface area contributed by atoms with Crippen molar-refractivity contribution < 1.29 is 0 Å². The predicted octanol–water partition coefficient (Wildman–Crippen LogP) is 2.02. The fraction of sp³-hybridized carbons (Fsp3) is 1.00. The van der Waals surface area contributed by atoms with E-state index in [4.69, 9.17) is 0 Å². The third-order valence-corrected chi connectivity index (χ3v) is 0.866. The first-order valence-electron chi connectivity index (χ1n) is 3.35. The van der Waals surface area contributed by atoms with Crippen LogP contribution in [0.2, 0.25) is 0 Å². The minimum Gasteiger partial charge on any atom is -0.333 e. The molecule has 0 unspecified atom stereocenters. The summed E-state index contributed by atoms with van der Waals surface area (Å²) >= 11 is 0. The van der Waals surface area contributed by atoms with Gasteiger partial charge in [-0.1, -0.05) is 33.6 Å². The molecule has 0 saturated heterocycles. The van der Waals surface area contributed by atoms with Crippen LogP contribution in [0.15, 0.2) is 0 Å². The van der Waals surface area contributed by atoms with Crippen LogP contribution in [0.5, 0.6) is 0 Å². The first-order chi connectivity index (χ1) is 3.77. The maximum Gasteiger partial charge on any atom is -0.0195 e. The van der Waals surface area contributed by atoms with E-state index in [0.29, 0.717) is 0 Å². The molecular weight excluding hydrogens is 98.1 g/mol. The Bertz CT molecular complexity index is 25.6. The summed E-state index contributed by atoms with van der Waals surface area (Å²) in [4.78, 5) is 0. The van der Waals surface area contributed by atoms with Gasteiger partial charge in [0.25, 0.3) is 0 Å². The van der Waals surface area contributed by atoms with Crippen LogP contribution in [0.25, 0.3) is 0 Å². The molecule has 0 aromatic rings. The molecule has 0 aliphatic rings. The van der Waals surface area contributed by atoms with Gasteiger partial charge in [0.2, 0.25) is 0 Å². The molecule has 52 valence electrons. The molecule has 0 fully saturated rings. The van der Waals surface area contributed by atoms with E-state index in [9.17, 15) is 0 Å². The largest absolute Gasteiger partial charge is 0.333 e. The average Bonchev–Trinajstić information content (AvgIpc) is 1.72. The van der Waals surface area contributed by atoms with Crippen LogP contribution in [0.4, 0.5) is 0 Å². The highest BCUT2D eigenvalue weighted by atomic mass is 14.4. The van der Waals surface area contributed by atoms with Crippen molar-refractivity contribution in [3.05, 3.63) is 0 Å². The van der Waals surface area contributed by atoms with Crippen molar-refractivity contribution in [3.8, 4) is 0 Å². The van der Waals surface area contributed by atoms with Gasteiger partial charge in [-0.2, -0.15) is 0 Å². The van der Waals surface area contributed by atoms with Crippen molar-refractivity contribution in [3.63, 3.8) is 0 Å². The number of rotatable bonds is 2. The topological polar surface area (TPSA) is 26.0 Å². The van der Waals surface area contributed by atoms with Crippen molar-refractivity contribution in [2.45, 2.75) is 33.6 Å². The summed E-state index contributed by atoms with van der Waals surface area (Å²) in [5.74, 6) is 0.898. The van der Waals surface area contributed by atoms with Gasteiger partial charge in [0, 0.05) is 0 Å². The summed E-state index contributed by atoms with van der Waals surface area (Å²) < 4.78 is 0. The van der Waals surface area contributed by atoms with Crippen LogP contribution in [0, 0.1) is 5.92 Å². The highest BCUT2D eigenvalue weighted by Crippen LogP contribution is 2.00. The molecule has 0 aromatic heterocycles. The van der Waals surface area contributed by atoms with Crippen molar-refractivity contribution in [1.82, 2.24) is 0 Å². The maximum atomic E-state index is 4.50. The molecule has 1 heteroatoms. The van der Waals surface area contributed by atoms with E-state index >= 15 is 0 Å². The van der Waals surface area contributed by atoms with E-state index in [1.807, 2.05) is 0 Å². The van der Waals surface area contributed by atoms with Gasteiger partial charge in [-0.25, -0.2) is 0 Å². The molecule has 0 aliphatic heterocycles. The SMILES string of the molecule is CCCC(C)C.CN. The smallest absolute Gasteiger partial charge is 0.0195 e. The third kappa shape index (κ3) is 16.7. The Morgan fingerprint density at radius 1 is 1.25 bits per heavy atom. The Hall–Kier alpha value is -0.0400. The van der Waals surface area contributed by atoms with Gasteiger partial charge in [-0.05, 0) is 13.0 Å².